The molecule has 1 aromatic heterocycles. The molecule has 2 heterocycles. The summed E-state index contributed by atoms with van der Waals surface area (Å²) in [6, 6.07) is 5.37. The molecule has 7 nitrogen and oxygen atoms in total. The predicted octanol–water partition coefficient (Wildman–Crippen LogP) is 2.25. The SMILES string of the molecule is CCOc1ccc(S(=O)(=O)N2CCC(Oc3ccncn3)CC2)cc1F. The lowest BCUT2D eigenvalue weighted by molar-refractivity contribution is 0.129. The van der Waals surface area contributed by atoms with Crippen molar-refractivity contribution >= 4 is 10.0 Å². The molecule has 26 heavy (non-hydrogen) atoms. The fraction of sp³-hybridized carbons (Fsp3) is 0.412. The number of benzene rings is 1. The molecule has 1 saturated heterocycles. The van der Waals surface area contributed by atoms with Gasteiger partial charge in [0.2, 0.25) is 15.9 Å². The lowest BCUT2D eigenvalue weighted by Gasteiger charge is -2.31. The lowest BCUT2D eigenvalue weighted by Crippen LogP contribution is -2.41. The summed E-state index contributed by atoms with van der Waals surface area (Å²) in [5, 5.41) is 0. The summed E-state index contributed by atoms with van der Waals surface area (Å²) < 4.78 is 51.7. The predicted molar refractivity (Wildman–Crippen MR) is 92.0 cm³/mol. The average molecular weight is 381 g/mol. The average Bonchev–Trinajstić information content (AvgIpc) is 2.65. The van der Waals surface area contributed by atoms with Gasteiger partial charge in [0.1, 0.15) is 12.4 Å². The summed E-state index contributed by atoms with van der Waals surface area (Å²) in [6.07, 6.45) is 3.93. The van der Waals surface area contributed by atoms with Crippen molar-refractivity contribution in [3.05, 3.63) is 42.6 Å². The molecule has 0 N–H and O–H groups in total. The van der Waals surface area contributed by atoms with Gasteiger partial charge in [-0.05, 0) is 38.0 Å². The monoisotopic (exact) mass is 381 g/mol. The van der Waals surface area contributed by atoms with E-state index in [2.05, 4.69) is 9.97 Å². The van der Waals surface area contributed by atoms with Gasteiger partial charge < -0.3 is 9.47 Å². The first-order valence-electron chi connectivity index (χ1n) is 8.36. The number of nitrogens with zero attached hydrogens (tertiary/aromatic N) is 3. The fourth-order valence-electron chi connectivity index (χ4n) is 2.77. The highest BCUT2D eigenvalue weighted by Crippen LogP contribution is 2.26. The Morgan fingerprint density at radius 3 is 2.65 bits per heavy atom. The van der Waals surface area contributed by atoms with E-state index in [1.54, 1.807) is 19.2 Å². The second-order valence-corrected chi connectivity index (χ2v) is 7.73. The number of aromatic nitrogens is 2. The second kappa shape index (κ2) is 7.96. The third-order valence-electron chi connectivity index (χ3n) is 4.08. The van der Waals surface area contributed by atoms with Crippen LogP contribution in [-0.2, 0) is 10.0 Å². The van der Waals surface area contributed by atoms with Gasteiger partial charge in [-0.15, -0.1) is 0 Å². The molecule has 3 rings (SSSR count). The summed E-state index contributed by atoms with van der Waals surface area (Å²) in [7, 11) is -3.76. The molecular weight excluding hydrogens is 361 g/mol. The largest absolute Gasteiger partial charge is 0.491 e. The van der Waals surface area contributed by atoms with Crippen molar-refractivity contribution in [2.24, 2.45) is 0 Å². The minimum absolute atomic E-state index is 0.0448. The maximum Gasteiger partial charge on any atom is 0.243 e. The van der Waals surface area contributed by atoms with Crippen LogP contribution in [0.15, 0.2) is 41.7 Å². The summed E-state index contributed by atoms with van der Waals surface area (Å²) in [6.45, 7) is 2.64. The number of rotatable bonds is 6. The highest BCUT2D eigenvalue weighted by molar-refractivity contribution is 7.89. The molecule has 0 atom stereocenters. The third kappa shape index (κ3) is 4.10. The molecular formula is C17H20FN3O4S. The Hall–Kier alpha value is -2.26. The van der Waals surface area contributed by atoms with Crippen LogP contribution in [0.5, 0.6) is 11.6 Å². The van der Waals surface area contributed by atoms with Crippen molar-refractivity contribution in [1.82, 2.24) is 14.3 Å². The molecule has 0 amide bonds. The number of halogens is 1. The van der Waals surface area contributed by atoms with Crippen LogP contribution in [0, 0.1) is 5.82 Å². The molecule has 9 heteroatoms. The summed E-state index contributed by atoms with van der Waals surface area (Å²) in [5.74, 6) is -0.173. The van der Waals surface area contributed by atoms with E-state index < -0.39 is 15.8 Å². The number of ether oxygens (including phenoxy) is 2. The lowest BCUT2D eigenvalue weighted by atomic mass is 10.1. The summed E-state index contributed by atoms with van der Waals surface area (Å²) in [4.78, 5) is 7.75. The molecule has 0 aliphatic carbocycles. The van der Waals surface area contributed by atoms with E-state index >= 15 is 0 Å². The molecule has 1 aliphatic heterocycles. The molecule has 1 fully saturated rings. The molecule has 0 unspecified atom stereocenters. The molecule has 2 aromatic rings. The van der Waals surface area contributed by atoms with Crippen LogP contribution >= 0.6 is 0 Å². The van der Waals surface area contributed by atoms with Crippen LogP contribution in [0.1, 0.15) is 19.8 Å². The highest BCUT2D eigenvalue weighted by Gasteiger charge is 2.31. The van der Waals surface area contributed by atoms with Gasteiger partial charge in [-0.25, -0.2) is 22.8 Å². The van der Waals surface area contributed by atoms with Gasteiger partial charge in [0, 0.05) is 25.4 Å². The standard InChI is InChI=1S/C17H20FN3O4S/c1-2-24-16-4-3-14(11-15(16)18)26(22,23)21-9-6-13(7-10-21)25-17-5-8-19-12-20-17/h3-5,8,11-13H,2,6-7,9-10H2,1H3. The van der Waals surface area contributed by atoms with Crippen molar-refractivity contribution in [1.29, 1.82) is 0 Å². The highest BCUT2D eigenvalue weighted by atomic mass is 32.2. The van der Waals surface area contributed by atoms with Gasteiger partial charge in [-0.3, -0.25) is 0 Å². The van der Waals surface area contributed by atoms with Gasteiger partial charge in [0.15, 0.2) is 11.6 Å². The maximum atomic E-state index is 14.0. The van der Waals surface area contributed by atoms with Crippen molar-refractivity contribution in [3.8, 4) is 11.6 Å². The smallest absolute Gasteiger partial charge is 0.243 e. The van der Waals surface area contributed by atoms with Gasteiger partial charge in [0.25, 0.3) is 0 Å². The fourth-order valence-corrected chi connectivity index (χ4v) is 4.26. The topological polar surface area (TPSA) is 81.6 Å². The Bertz CT molecular complexity index is 840. The Morgan fingerprint density at radius 1 is 1.27 bits per heavy atom. The van der Waals surface area contributed by atoms with Crippen LogP contribution in [0.2, 0.25) is 0 Å². The third-order valence-corrected chi connectivity index (χ3v) is 5.98. The second-order valence-electron chi connectivity index (χ2n) is 5.79. The number of piperidine rings is 1. The van der Waals surface area contributed by atoms with E-state index in [1.807, 2.05) is 0 Å². The van der Waals surface area contributed by atoms with Crippen molar-refractivity contribution in [2.75, 3.05) is 19.7 Å². The minimum atomic E-state index is -3.76. The minimum Gasteiger partial charge on any atom is -0.491 e. The van der Waals surface area contributed by atoms with Gasteiger partial charge in [0.05, 0.1) is 11.5 Å². The van der Waals surface area contributed by atoms with Crippen molar-refractivity contribution in [2.45, 2.75) is 30.8 Å². The molecule has 1 aromatic carbocycles. The molecule has 1 aliphatic rings. The molecule has 0 spiro atoms. The first-order valence-corrected chi connectivity index (χ1v) is 9.80. The van der Waals surface area contributed by atoms with E-state index in [0.29, 0.717) is 38.4 Å². The number of hydrogen-bond acceptors (Lipinski definition) is 6. The van der Waals surface area contributed by atoms with Crippen LogP contribution in [0.4, 0.5) is 4.39 Å². The number of hydrogen-bond donors (Lipinski definition) is 0. The van der Waals surface area contributed by atoms with Crippen molar-refractivity contribution < 1.29 is 22.3 Å². The first kappa shape index (κ1) is 18.5. The zero-order valence-corrected chi connectivity index (χ0v) is 15.2. The van der Waals surface area contributed by atoms with Gasteiger partial charge in [-0.1, -0.05) is 0 Å². The van der Waals surface area contributed by atoms with Crippen LogP contribution < -0.4 is 9.47 Å². The molecule has 0 radical (unpaired) electrons. The summed E-state index contributed by atoms with van der Waals surface area (Å²) >= 11 is 0. The first-order chi connectivity index (χ1) is 12.5. The zero-order chi connectivity index (χ0) is 18.6. The van der Waals surface area contributed by atoms with Crippen LogP contribution in [0.25, 0.3) is 0 Å². The van der Waals surface area contributed by atoms with Crippen molar-refractivity contribution in [3.63, 3.8) is 0 Å². The van der Waals surface area contributed by atoms with Crippen LogP contribution in [-0.4, -0.2) is 48.5 Å². The maximum absolute atomic E-state index is 14.0. The molecule has 0 bridgehead atoms. The summed E-state index contributed by atoms with van der Waals surface area (Å²) in [5.41, 5.74) is 0. The Labute approximate surface area is 151 Å². The van der Waals surface area contributed by atoms with Gasteiger partial charge >= 0.3 is 0 Å². The molecule has 140 valence electrons. The Balaban J connectivity index is 1.65. The van der Waals surface area contributed by atoms with Gasteiger partial charge in [-0.2, -0.15) is 4.31 Å². The number of sulfonamides is 1. The quantitative estimate of drug-likeness (QED) is 0.763. The van der Waals surface area contributed by atoms with E-state index in [-0.39, 0.29) is 16.7 Å². The normalized spacial score (nSPS) is 16.4. The van der Waals surface area contributed by atoms with E-state index in [0.717, 1.165) is 6.07 Å². The van der Waals surface area contributed by atoms with Crippen LogP contribution in [0.3, 0.4) is 0 Å². The van der Waals surface area contributed by atoms with E-state index in [4.69, 9.17) is 9.47 Å². The van der Waals surface area contributed by atoms with E-state index in [9.17, 15) is 12.8 Å². The Morgan fingerprint density at radius 2 is 2.04 bits per heavy atom. The zero-order valence-electron chi connectivity index (χ0n) is 14.3. The molecule has 0 saturated carbocycles. The van der Waals surface area contributed by atoms with E-state index in [1.165, 1.54) is 22.8 Å². The Kier molecular flexibility index (Phi) is 5.67.